The summed E-state index contributed by atoms with van der Waals surface area (Å²) in [5.74, 6) is 0.992. The number of nitrogens with one attached hydrogen (secondary N) is 1. The van der Waals surface area contributed by atoms with Crippen molar-refractivity contribution in [3.8, 4) is 0 Å². The number of rotatable bonds is 4. The van der Waals surface area contributed by atoms with Crippen molar-refractivity contribution in [2.75, 3.05) is 0 Å². The monoisotopic (exact) mass is 153 g/mol. The minimum atomic E-state index is 0.256. The van der Waals surface area contributed by atoms with E-state index < -0.39 is 0 Å². The summed E-state index contributed by atoms with van der Waals surface area (Å²) in [5, 5.41) is 0. The second kappa shape index (κ2) is 4.13. The molecule has 0 saturated carbocycles. The maximum Gasteiger partial charge on any atom is 0.107 e. The van der Waals surface area contributed by atoms with E-state index in [1.54, 1.807) is 6.20 Å². The molecular formula is C8H15N3. The van der Waals surface area contributed by atoms with Crippen LogP contribution in [0.3, 0.4) is 0 Å². The van der Waals surface area contributed by atoms with Gasteiger partial charge >= 0.3 is 0 Å². The lowest BCUT2D eigenvalue weighted by Crippen LogP contribution is -2.22. The molecule has 1 heterocycles. The smallest absolute Gasteiger partial charge is 0.107 e. The molecule has 0 amide bonds. The first-order valence-electron chi connectivity index (χ1n) is 4.06. The molecule has 0 bridgehead atoms. The average Bonchev–Trinajstić information content (AvgIpc) is 2.40. The zero-order chi connectivity index (χ0) is 8.10. The fourth-order valence-corrected chi connectivity index (χ4v) is 1.13. The Hall–Kier alpha value is -0.830. The van der Waals surface area contributed by atoms with Gasteiger partial charge in [-0.1, -0.05) is 13.3 Å². The highest BCUT2D eigenvalue weighted by Gasteiger charge is 2.03. The normalized spacial score (nSPS) is 13.3. The molecule has 0 aliphatic carbocycles. The zero-order valence-electron chi connectivity index (χ0n) is 6.88. The van der Waals surface area contributed by atoms with Gasteiger partial charge in [0.25, 0.3) is 0 Å². The van der Waals surface area contributed by atoms with E-state index in [1.807, 2.05) is 6.20 Å². The van der Waals surface area contributed by atoms with Crippen LogP contribution < -0.4 is 5.73 Å². The highest BCUT2D eigenvalue weighted by Crippen LogP contribution is 1.99. The summed E-state index contributed by atoms with van der Waals surface area (Å²) >= 11 is 0. The van der Waals surface area contributed by atoms with Crippen molar-refractivity contribution in [2.24, 2.45) is 5.73 Å². The van der Waals surface area contributed by atoms with Crippen LogP contribution in [-0.2, 0) is 6.42 Å². The van der Waals surface area contributed by atoms with Gasteiger partial charge in [-0.05, 0) is 6.42 Å². The number of nitrogens with zero attached hydrogens (tertiary/aromatic N) is 1. The number of aromatic nitrogens is 2. The first kappa shape index (κ1) is 8.27. The van der Waals surface area contributed by atoms with Gasteiger partial charge in [-0.3, -0.25) is 0 Å². The molecule has 0 radical (unpaired) electrons. The number of H-pyrrole nitrogens is 1. The molecule has 0 aromatic carbocycles. The molecule has 0 saturated heterocycles. The topological polar surface area (TPSA) is 54.7 Å². The van der Waals surface area contributed by atoms with Crippen LogP contribution in [0.25, 0.3) is 0 Å². The number of hydrogen-bond acceptors (Lipinski definition) is 2. The Bertz CT molecular complexity index is 181. The van der Waals surface area contributed by atoms with Gasteiger partial charge in [0.1, 0.15) is 5.82 Å². The van der Waals surface area contributed by atoms with Crippen molar-refractivity contribution in [2.45, 2.75) is 32.2 Å². The summed E-state index contributed by atoms with van der Waals surface area (Å²) in [5.41, 5.74) is 5.82. The predicted octanol–water partition coefficient (Wildman–Crippen LogP) is 1.08. The highest BCUT2D eigenvalue weighted by atomic mass is 14.9. The second-order valence-electron chi connectivity index (χ2n) is 2.79. The van der Waals surface area contributed by atoms with Gasteiger partial charge < -0.3 is 10.7 Å². The molecular weight excluding hydrogens is 138 g/mol. The third-order valence-corrected chi connectivity index (χ3v) is 1.67. The molecule has 1 atom stereocenters. The molecule has 11 heavy (non-hydrogen) atoms. The van der Waals surface area contributed by atoms with E-state index in [1.165, 1.54) is 0 Å². The van der Waals surface area contributed by atoms with Gasteiger partial charge in [-0.2, -0.15) is 0 Å². The van der Waals surface area contributed by atoms with E-state index in [4.69, 9.17) is 5.73 Å². The molecule has 3 N–H and O–H groups in total. The Morgan fingerprint density at radius 3 is 3.09 bits per heavy atom. The van der Waals surface area contributed by atoms with Crippen LogP contribution in [0.1, 0.15) is 25.6 Å². The maximum absolute atomic E-state index is 5.82. The zero-order valence-corrected chi connectivity index (χ0v) is 6.88. The van der Waals surface area contributed by atoms with Crippen LogP contribution in [0, 0.1) is 0 Å². The Morgan fingerprint density at radius 2 is 2.55 bits per heavy atom. The molecule has 1 unspecified atom stereocenters. The summed E-state index contributed by atoms with van der Waals surface area (Å²) in [6, 6.07) is 0.256. The van der Waals surface area contributed by atoms with Gasteiger partial charge in [-0.15, -0.1) is 0 Å². The molecule has 3 nitrogen and oxygen atoms in total. The van der Waals surface area contributed by atoms with Gasteiger partial charge in [0.15, 0.2) is 0 Å². The summed E-state index contributed by atoms with van der Waals surface area (Å²) in [7, 11) is 0. The Balaban J connectivity index is 2.31. The number of imidazole rings is 1. The summed E-state index contributed by atoms with van der Waals surface area (Å²) < 4.78 is 0. The van der Waals surface area contributed by atoms with E-state index in [9.17, 15) is 0 Å². The first-order valence-corrected chi connectivity index (χ1v) is 4.06. The summed E-state index contributed by atoms with van der Waals surface area (Å²) in [6.07, 6.45) is 6.66. The van der Waals surface area contributed by atoms with Crippen LogP contribution in [0.2, 0.25) is 0 Å². The third kappa shape index (κ3) is 2.72. The molecule has 3 heteroatoms. The van der Waals surface area contributed by atoms with E-state index in [0.717, 1.165) is 25.1 Å². The minimum absolute atomic E-state index is 0.256. The lowest BCUT2D eigenvalue weighted by atomic mass is 10.1. The van der Waals surface area contributed by atoms with Crippen molar-refractivity contribution in [1.29, 1.82) is 0 Å². The fourth-order valence-electron chi connectivity index (χ4n) is 1.13. The maximum atomic E-state index is 5.82. The first-order chi connectivity index (χ1) is 5.33. The molecule has 0 spiro atoms. The Labute approximate surface area is 67.0 Å². The predicted molar refractivity (Wildman–Crippen MR) is 45.2 cm³/mol. The molecule has 0 aliphatic rings. The summed E-state index contributed by atoms with van der Waals surface area (Å²) in [6.45, 7) is 2.14. The lowest BCUT2D eigenvalue weighted by molar-refractivity contribution is 0.587. The Kier molecular flexibility index (Phi) is 3.11. The van der Waals surface area contributed by atoms with Gasteiger partial charge in [0, 0.05) is 24.9 Å². The molecule has 0 aliphatic heterocycles. The fraction of sp³-hybridized carbons (Fsp3) is 0.625. The summed E-state index contributed by atoms with van der Waals surface area (Å²) in [4.78, 5) is 7.14. The van der Waals surface area contributed by atoms with Crippen molar-refractivity contribution >= 4 is 0 Å². The number of aromatic amines is 1. The average molecular weight is 153 g/mol. The molecule has 1 aromatic rings. The lowest BCUT2D eigenvalue weighted by Gasteiger charge is -2.06. The SMILES string of the molecule is CCCC(N)Cc1ncc[nH]1. The second-order valence-corrected chi connectivity index (χ2v) is 2.79. The highest BCUT2D eigenvalue weighted by molar-refractivity contribution is 4.89. The largest absolute Gasteiger partial charge is 0.349 e. The molecule has 0 fully saturated rings. The Morgan fingerprint density at radius 1 is 1.73 bits per heavy atom. The van der Waals surface area contributed by atoms with Crippen LogP contribution in [0.5, 0.6) is 0 Å². The van der Waals surface area contributed by atoms with E-state index >= 15 is 0 Å². The van der Waals surface area contributed by atoms with Gasteiger partial charge in [0.05, 0.1) is 0 Å². The van der Waals surface area contributed by atoms with Crippen LogP contribution in [0.15, 0.2) is 12.4 Å². The quantitative estimate of drug-likeness (QED) is 0.680. The van der Waals surface area contributed by atoms with Crippen molar-refractivity contribution in [1.82, 2.24) is 9.97 Å². The number of nitrogens with two attached hydrogens (primary N) is 1. The van der Waals surface area contributed by atoms with Crippen molar-refractivity contribution < 1.29 is 0 Å². The molecule has 1 aromatic heterocycles. The van der Waals surface area contributed by atoms with E-state index in [0.29, 0.717) is 0 Å². The van der Waals surface area contributed by atoms with Crippen LogP contribution in [0.4, 0.5) is 0 Å². The standard InChI is InChI=1S/C8H15N3/c1-2-3-7(9)6-8-10-4-5-11-8/h4-5,7H,2-3,6,9H2,1H3,(H,10,11). The van der Waals surface area contributed by atoms with Gasteiger partial charge in [-0.25, -0.2) is 4.98 Å². The number of hydrogen-bond donors (Lipinski definition) is 2. The van der Waals surface area contributed by atoms with Crippen molar-refractivity contribution in [3.63, 3.8) is 0 Å². The minimum Gasteiger partial charge on any atom is -0.349 e. The van der Waals surface area contributed by atoms with Crippen molar-refractivity contribution in [3.05, 3.63) is 18.2 Å². The molecule has 62 valence electrons. The van der Waals surface area contributed by atoms with Gasteiger partial charge in [0.2, 0.25) is 0 Å². The van der Waals surface area contributed by atoms with Crippen LogP contribution >= 0.6 is 0 Å². The molecule has 1 rings (SSSR count). The van der Waals surface area contributed by atoms with E-state index in [-0.39, 0.29) is 6.04 Å². The third-order valence-electron chi connectivity index (χ3n) is 1.67. The van der Waals surface area contributed by atoms with E-state index in [2.05, 4.69) is 16.9 Å². The van der Waals surface area contributed by atoms with Crippen LogP contribution in [-0.4, -0.2) is 16.0 Å².